The molecule has 0 bridgehead atoms. The van der Waals surface area contributed by atoms with Crippen LogP contribution in [0.2, 0.25) is 0 Å². The van der Waals surface area contributed by atoms with Crippen LogP contribution in [-0.4, -0.2) is 31.0 Å². The minimum Gasteiger partial charge on any atom is -0.494 e. The standard InChI is InChI=1S/C18H20F2N2O2/c1-12(18(23)21-15-6-4-5-14(19)10-15)22(2)11-13-7-8-17(24-3)16(20)9-13/h4-10,12H,11H2,1-3H3,(H,21,23). The highest BCUT2D eigenvalue weighted by atomic mass is 19.1. The molecule has 4 nitrogen and oxygen atoms in total. The predicted octanol–water partition coefficient (Wildman–Crippen LogP) is 3.43. The third-order valence-electron chi connectivity index (χ3n) is 3.78. The Kier molecular flexibility index (Phi) is 5.87. The highest BCUT2D eigenvalue weighted by molar-refractivity contribution is 5.94. The quantitative estimate of drug-likeness (QED) is 0.880. The zero-order valence-electron chi connectivity index (χ0n) is 13.8. The molecule has 1 atom stereocenters. The van der Waals surface area contributed by atoms with Crippen LogP contribution in [0.4, 0.5) is 14.5 Å². The van der Waals surface area contributed by atoms with Crippen LogP contribution in [0.25, 0.3) is 0 Å². The molecule has 1 amide bonds. The highest BCUT2D eigenvalue weighted by Crippen LogP contribution is 2.19. The molecule has 0 saturated carbocycles. The summed E-state index contributed by atoms with van der Waals surface area (Å²) in [6, 6.07) is 9.91. The topological polar surface area (TPSA) is 41.6 Å². The summed E-state index contributed by atoms with van der Waals surface area (Å²) in [6.45, 7) is 2.12. The largest absolute Gasteiger partial charge is 0.494 e. The summed E-state index contributed by atoms with van der Waals surface area (Å²) in [5, 5.41) is 2.66. The number of ether oxygens (including phenoxy) is 1. The number of rotatable bonds is 6. The molecule has 0 aliphatic rings. The van der Waals surface area contributed by atoms with Crippen molar-refractivity contribution in [2.75, 3.05) is 19.5 Å². The third kappa shape index (κ3) is 4.52. The average Bonchev–Trinajstić information content (AvgIpc) is 2.54. The first-order valence-electron chi connectivity index (χ1n) is 7.50. The SMILES string of the molecule is COc1ccc(CN(C)C(C)C(=O)Nc2cccc(F)c2)cc1F. The van der Waals surface area contributed by atoms with Gasteiger partial charge in [-0.05, 0) is 49.9 Å². The van der Waals surface area contributed by atoms with Crippen LogP contribution in [0.1, 0.15) is 12.5 Å². The van der Waals surface area contributed by atoms with Gasteiger partial charge in [0, 0.05) is 12.2 Å². The number of carbonyl (C=O) groups excluding carboxylic acids is 1. The molecular formula is C18H20F2N2O2. The Morgan fingerprint density at radius 1 is 1.25 bits per heavy atom. The molecule has 24 heavy (non-hydrogen) atoms. The second-order valence-electron chi connectivity index (χ2n) is 5.56. The van der Waals surface area contributed by atoms with Crippen molar-refractivity contribution in [2.45, 2.75) is 19.5 Å². The van der Waals surface area contributed by atoms with Gasteiger partial charge >= 0.3 is 0 Å². The maximum absolute atomic E-state index is 13.7. The highest BCUT2D eigenvalue weighted by Gasteiger charge is 2.19. The van der Waals surface area contributed by atoms with Gasteiger partial charge in [0.05, 0.1) is 13.2 Å². The minimum atomic E-state index is -0.474. The Balaban J connectivity index is 1.99. The first kappa shape index (κ1) is 17.9. The van der Waals surface area contributed by atoms with Gasteiger partial charge in [0.15, 0.2) is 11.6 Å². The van der Waals surface area contributed by atoms with Crippen LogP contribution in [0.15, 0.2) is 42.5 Å². The van der Waals surface area contributed by atoms with Crippen molar-refractivity contribution in [3.63, 3.8) is 0 Å². The Bertz CT molecular complexity index is 722. The molecule has 2 rings (SSSR count). The van der Waals surface area contributed by atoms with Crippen LogP contribution < -0.4 is 10.1 Å². The number of methoxy groups -OCH3 is 1. The number of benzene rings is 2. The first-order valence-corrected chi connectivity index (χ1v) is 7.50. The molecule has 0 aliphatic carbocycles. The molecule has 0 saturated heterocycles. The van der Waals surface area contributed by atoms with Crippen LogP contribution in [0, 0.1) is 11.6 Å². The fraction of sp³-hybridized carbons (Fsp3) is 0.278. The summed E-state index contributed by atoms with van der Waals surface area (Å²) in [5.74, 6) is -0.946. The first-order chi connectivity index (χ1) is 11.4. The Hall–Kier alpha value is -2.47. The summed E-state index contributed by atoms with van der Waals surface area (Å²) < 4.78 is 31.8. The second-order valence-corrected chi connectivity index (χ2v) is 5.56. The van der Waals surface area contributed by atoms with Crippen molar-refractivity contribution in [1.29, 1.82) is 0 Å². The lowest BCUT2D eigenvalue weighted by atomic mass is 10.1. The number of carbonyl (C=O) groups is 1. The summed E-state index contributed by atoms with van der Waals surface area (Å²) >= 11 is 0. The van der Waals surface area contributed by atoms with E-state index in [4.69, 9.17) is 4.74 Å². The molecule has 0 aliphatic heterocycles. The molecule has 6 heteroatoms. The Labute approximate surface area is 140 Å². The lowest BCUT2D eigenvalue weighted by molar-refractivity contribution is -0.120. The molecule has 0 fully saturated rings. The van der Waals surface area contributed by atoms with E-state index >= 15 is 0 Å². The monoisotopic (exact) mass is 334 g/mol. The Morgan fingerprint density at radius 2 is 2.00 bits per heavy atom. The van der Waals surface area contributed by atoms with Gasteiger partial charge in [-0.3, -0.25) is 9.69 Å². The molecule has 2 aromatic rings. The molecule has 0 heterocycles. The van der Waals surface area contributed by atoms with E-state index in [2.05, 4.69) is 5.32 Å². The smallest absolute Gasteiger partial charge is 0.241 e. The molecule has 128 valence electrons. The van der Waals surface area contributed by atoms with E-state index in [1.165, 1.54) is 31.4 Å². The normalized spacial score (nSPS) is 12.1. The number of likely N-dealkylation sites (N-methyl/N-ethyl adjacent to an activating group) is 1. The van der Waals surface area contributed by atoms with Gasteiger partial charge in [-0.1, -0.05) is 12.1 Å². The van der Waals surface area contributed by atoms with E-state index in [0.717, 1.165) is 5.56 Å². The van der Waals surface area contributed by atoms with E-state index in [1.54, 1.807) is 37.1 Å². The maximum atomic E-state index is 13.7. The molecular weight excluding hydrogens is 314 g/mol. The lowest BCUT2D eigenvalue weighted by Gasteiger charge is -2.24. The molecule has 1 unspecified atom stereocenters. The molecule has 0 aromatic heterocycles. The van der Waals surface area contributed by atoms with Crippen molar-refractivity contribution < 1.29 is 18.3 Å². The lowest BCUT2D eigenvalue weighted by Crippen LogP contribution is -2.39. The predicted molar refractivity (Wildman–Crippen MR) is 88.9 cm³/mol. The summed E-state index contributed by atoms with van der Waals surface area (Å²) in [4.78, 5) is 14.0. The zero-order chi connectivity index (χ0) is 17.7. The van der Waals surface area contributed by atoms with E-state index in [9.17, 15) is 13.6 Å². The number of nitrogens with one attached hydrogen (secondary N) is 1. The van der Waals surface area contributed by atoms with Crippen molar-refractivity contribution in [1.82, 2.24) is 4.90 Å². The molecule has 0 spiro atoms. The Morgan fingerprint density at radius 3 is 2.62 bits per heavy atom. The van der Waals surface area contributed by atoms with Gasteiger partial charge in [0.25, 0.3) is 0 Å². The molecule has 1 N–H and O–H groups in total. The van der Waals surface area contributed by atoms with Crippen LogP contribution in [0.5, 0.6) is 5.75 Å². The van der Waals surface area contributed by atoms with E-state index in [0.29, 0.717) is 12.2 Å². The fourth-order valence-electron chi connectivity index (χ4n) is 2.25. The minimum absolute atomic E-state index is 0.179. The van der Waals surface area contributed by atoms with E-state index < -0.39 is 17.7 Å². The number of hydrogen-bond acceptors (Lipinski definition) is 3. The summed E-state index contributed by atoms with van der Waals surface area (Å²) in [6.07, 6.45) is 0. The van der Waals surface area contributed by atoms with Gasteiger partial charge in [-0.2, -0.15) is 0 Å². The number of halogens is 2. The van der Waals surface area contributed by atoms with Gasteiger partial charge in [0.1, 0.15) is 5.82 Å². The fourth-order valence-corrected chi connectivity index (χ4v) is 2.25. The maximum Gasteiger partial charge on any atom is 0.241 e. The van der Waals surface area contributed by atoms with E-state index in [1.807, 2.05) is 0 Å². The average molecular weight is 334 g/mol. The number of nitrogens with zero attached hydrogens (tertiary/aromatic N) is 1. The van der Waals surface area contributed by atoms with Crippen molar-refractivity contribution in [3.05, 3.63) is 59.7 Å². The summed E-state index contributed by atoms with van der Waals surface area (Å²) in [7, 11) is 3.17. The third-order valence-corrected chi connectivity index (χ3v) is 3.78. The summed E-state index contributed by atoms with van der Waals surface area (Å²) in [5.41, 5.74) is 1.12. The van der Waals surface area contributed by atoms with Crippen LogP contribution in [0.3, 0.4) is 0 Å². The van der Waals surface area contributed by atoms with Crippen LogP contribution >= 0.6 is 0 Å². The van der Waals surface area contributed by atoms with Crippen molar-refractivity contribution in [3.8, 4) is 5.75 Å². The van der Waals surface area contributed by atoms with Crippen molar-refractivity contribution in [2.24, 2.45) is 0 Å². The van der Waals surface area contributed by atoms with Gasteiger partial charge < -0.3 is 10.1 Å². The van der Waals surface area contributed by atoms with E-state index in [-0.39, 0.29) is 11.7 Å². The molecule has 2 aromatic carbocycles. The second kappa shape index (κ2) is 7.88. The van der Waals surface area contributed by atoms with Crippen LogP contribution in [-0.2, 0) is 11.3 Å². The zero-order valence-corrected chi connectivity index (χ0v) is 13.8. The number of anilines is 1. The van der Waals surface area contributed by atoms with Gasteiger partial charge in [-0.25, -0.2) is 8.78 Å². The number of hydrogen-bond donors (Lipinski definition) is 1. The molecule has 0 radical (unpaired) electrons. The van der Waals surface area contributed by atoms with Gasteiger partial charge in [-0.15, -0.1) is 0 Å². The van der Waals surface area contributed by atoms with Crippen molar-refractivity contribution >= 4 is 11.6 Å². The number of amides is 1. The van der Waals surface area contributed by atoms with Gasteiger partial charge in [0.2, 0.25) is 5.91 Å².